The number of para-hydroxylation sites is 1. The molecule has 0 unspecified atom stereocenters. The lowest BCUT2D eigenvalue weighted by molar-refractivity contribution is -0.125. The van der Waals surface area contributed by atoms with Gasteiger partial charge >= 0.3 is 0 Å². The summed E-state index contributed by atoms with van der Waals surface area (Å²) in [5, 5.41) is 0. The molecule has 3 heteroatoms. The smallest absolute Gasteiger partial charge is 0.192 e. The number of aromatic nitrogens is 1. The van der Waals surface area contributed by atoms with Crippen LogP contribution in [0.5, 0.6) is 0 Å². The van der Waals surface area contributed by atoms with Gasteiger partial charge in [0.05, 0.1) is 0 Å². The number of nitrogens with zero attached hydrogens (tertiary/aromatic N) is 1. The molecular weight excluding hydrogens is 214 g/mol. The summed E-state index contributed by atoms with van der Waals surface area (Å²) in [5.74, 6) is 0.848. The van der Waals surface area contributed by atoms with Crippen molar-refractivity contribution in [1.29, 1.82) is 0 Å². The average molecular weight is 231 g/mol. The van der Waals surface area contributed by atoms with Gasteiger partial charge < -0.3 is 4.42 Å². The second-order valence-electron chi connectivity index (χ2n) is 5.35. The highest BCUT2D eigenvalue weighted by atomic mass is 16.3. The van der Waals surface area contributed by atoms with Crippen molar-refractivity contribution in [2.24, 2.45) is 5.41 Å². The molecule has 0 amide bonds. The largest absolute Gasteiger partial charge is 0.441 e. The molecule has 0 bridgehead atoms. The van der Waals surface area contributed by atoms with Gasteiger partial charge in [0.2, 0.25) is 0 Å². The van der Waals surface area contributed by atoms with Gasteiger partial charge in [0.15, 0.2) is 11.5 Å². The van der Waals surface area contributed by atoms with Gasteiger partial charge in [-0.2, -0.15) is 0 Å². The highest BCUT2D eigenvalue weighted by molar-refractivity contribution is 5.89. The zero-order valence-corrected chi connectivity index (χ0v) is 10.7. The highest BCUT2D eigenvalue weighted by Crippen LogP contribution is 2.23. The summed E-state index contributed by atoms with van der Waals surface area (Å²) >= 11 is 0. The van der Waals surface area contributed by atoms with Crippen molar-refractivity contribution in [3.63, 3.8) is 0 Å². The first-order valence-corrected chi connectivity index (χ1v) is 5.76. The van der Waals surface area contributed by atoms with Crippen LogP contribution in [0.4, 0.5) is 0 Å². The third-order valence-electron chi connectivity index (χ3n) is 2.80. The molecule has 0 saturated heterocycles. The summed E-state index contributed by atoms with van der Waals surface area (Å²) in [6, 6.07) is 5.71. The van der Waals surface area contributed by atoms with Gasteiger partial charge in [0, 0.05) is 18.8 Å². The molecule has 0 radical (unpaired) electrons. The van der Waals surface area contributed by atoms with E-state index in [1.54, 1.807) is 0 Å². The predicted octanol–water partition coefficient (Wildman–Crippen LogP) is 3.29. The van der Waals surface area contributed by atoms with Crippen molar-refractivity contribution < 1.29 is 9.21 Å². The summed E-state index contributed by atoms with van der Waals surface area (Å²) in [7, 11) is 0. The van der Waals surface area contributed by atoms with E-state index in [0.717, 1.165) is 16.7 Å². The lowest BCUT2D eigenvalue weighted by atomic mass is 9.87. The molecule has 1 heterocycles. The molecule has 90 valence electrons. The van der Waals surface area contributed by atoms with Gasteiger partial charge in [0.1, 0.15) is 11.3 Å². The standard InChI is InChI=1S/C14H17NO2/c1-9-15-13-10(6-5-7-11(13)17-9)8-12(16)14(2,3)4/h5-7H,8H2,1-4H3. The molecule has 0 aliphatic carbocycles. The monoisotopic (exact) mass is 231 g/mol. The molecule has 0 atom stereocenters. The summed E-state index contributed by atoms with van der Waals surface area (Å²) in [5.41, 5.74) is 2.18. The minimum absolute atomic E-state index is 0.214. The Labute approximate surface area is 101 Å². The third-order valence-corrected chi connectivity index (χ3v) is 2.80. The number of aryl methyl sites for hydroxylation is 1. The highest BCUT2D eigenvalue weighted by Gasteiger charge is 2.22. The fourth-order valence-corrected chi connectivity index (χ4v) is 1.70. The van der Waals surface area contributed by atoms with E-state index in [1.807, 2.05) is 45.9 Å². The minimum Gasteiger partial charge on any atom is -0.441 e. The lowest BCUT2D eigenvalue weighted by Gasteiger charge is -2.16. The predicted molar refractivity (Wildman–Crippen MR) is 66.9 cm³/mol. The SMILES string of the molecule is Cc1nc2c(CC(=O)C(C)(C)C)cccc2o1. The molecule has 0 aliphatic heterocycles. The second-order valence-corrected chi connectivity index (χ2v) is 5.35. The first-order chi connectivity index (χ1) is 7.88. The van der Waals surface area contributed by atoms with Crippen LogP contribution in [-0.2, 0) is 11.2 Å². The van der Waals surface area contributed by atoms with Crippen LogP contribution in [0.15, 0.2) is 22.6 Å². The topological polar surface area (TPSA) is 43.1 Å². The molecule has 0 saturated carbocycles. The van der Waals surface area contributed by atoms with Crippen LogP contribution in [-0.4, -0.2) is 10.8 Å². The van der Waals surface area contributed by atoms with Gasteiger partial charge in [-0.15, -0.1) is 0 Å². The Kier molecular flexibility index (Phi) is 2.77. The number of hydrogen-bond donors (Lipinski definition) is 0. The molecule has 2 aromatic rings. The average Bonchev–Trinajstić information content (AvgIpc) is 2.58. The van der Waals surface area contributed by atoms with Crippen molar-refractivity contribution in [3.8, 4) is 0 Å². The molecular formula is C14H17NO2. The third kappa shape index (κ3) is 2.38. The molecule has 3 nitrogen and oxygen atoms in total. The second kappa shape index (κ2) is 3.99. The molecule has 1 aromatic heterocycles. The van der Waals surface area contributed by atoms with Crippen LogP contribution >= 0.6 is 0 Å². The summed E-state index contributed by atoms with van der Waals surface area (Å²) < 4.78 is 5.45. The van der Waals surface area contributed by atoms with Crippen LogP contribution in [0, 0.1) is 12.3 Å². The van der Waals surface area contributed by atoms with Crippen molar-refractivity contribution >= 4 is 16.9 Å². The zero-order chi connectivity index (χ0) is 12.6. The van der Waals surface area contributed by atoms with Crippen LogP contribution < -0.4 is 0 Å². The molecule has 2 rings (SSSR count). The van der Waals surface area contributed by atoms with Gasteiger partial charge in [-0.3, -0.25) is 4.79 Å². The molecule has 0 fully saturated rings. The Hall–Kier alpha value is -1.64. The normalized spacial score (nSPS) is 12.0. The van der Waals surface area contributed by atoms with Crippen LogP contribution in [0.2, 0.25) is 0 Å². The van der Waals surface area contributed by atoms with Gasteiger partial charge in [-0.05, 0) is 11.6 Å². The van der Waals surface area contributed by atoms with Crippen LogP contribution in [0.3, 0.4) is 0 Å². The van der Waals surface area contributed by atoms with E-state index in [2.05, 4.69) is 4.98 Å². The number of hydrogen-bond acceptors (Lipinski definition) is 3. The number of carbonyl (C=O) groups excluding carboxylic acids is 1. The zero-order valence-electron chi connectivity index (χ0n) is 10.7. The molecule has 0 aliphatic rings. The lowest BCUT2D eigenvalue weighted by Crippen LogP contribution is -2.22. The maximum absolute atomic E-state index is 12.0. The molecule has 17 heavy (non-hydrogen) atoms. The van der Waals surface area contributed by atoms with Gasteiger partial charge in [0.25, 0.3) is 0 Å². The number of benzene rings is 1. The van der Waals surface area contributed by atoms with Crippen molar-refractivity contribution in [2.75, 3.05) is 0 Å². The van der Waals surface area contributed by atoms with Crippen molar-refractivity contribution in [3.05, 3.63) is 29.7 Å². The number of oxazole rings is 1. The Morgan fingerprint density at radius 2 is 2.06 bits per heavy atom. The fraction of sp³-hybridized carbons (Fsp3) is 0.429. The van der Waals surface area contributed by atoms with E-state index >= 15 is 0 Å². The number of rotatable bonds is 2. The van der Waals surface area contributed by atoms with Crippen LogP contribution in [0.1, 0.15) is 32.2 Å². The molecule has 0 N–H and O–H groups in total. The van der Waals surface area contributed by atoms with Gasteiger partial charge in [-0.1, -0.05) is 32.9 Å². The van der Waals surface area contributed by atoms with Crippen molar-refractivity contribution in [2.45, 2.75) is 34.1 Å². The van der Waals surface area contributed by atoms with E-state index in [-0.39, 0.29) is 11.2 Å². The molecule has 0 spiro atoms. The number of fused-ring (bicyclic) bond motifs is 1. The first-order valence-electron chi connectivity index (χ1n) is 5.76. The van der Waals surface area contributed by atoms with Crippen LogP contribution in [0.25, 0.3) is 11.1 Å². The minimum atomic E-state index is -0.319. The van der Waals surface area contributed by atoms with Gasteiger partial charge in [-0.25, -0.2) is 4.98 Å². The fourth-order valence-electron chi connectivity index (χ4n) is 1.70. The van der Waals surface area contributed by atoms with Crippen molar-refractivity contribution in [1.82, 2.24) is 4.98 Å². The Bertz CT molecular complexity index is 561. The number of carbonyl (C=O) groups is 1. The summed E-state index contributed by atoms with van der Waals surface area (Å²) in [6.07, 6.45) is 0.410. The maximum Gasteiger partial charge on any atom is 0.192 e. The number of Topliss-reactive ketones (excluding diaryl/α,β-unsaturated/α-hetero) is 1. The van der Waals surface area contributed by atoms with E-state index in [9.17, 15) is 4.79 Å². The molecule has 1 aromatic carbocycles. The Morgan fingerprint density at radius 1 is 1.35 bits per heavy atom. The van der Waals surface area contributed by atoms with E-state index in [0.29, 0.717) is 12.3 Å². The maximum atomic E-state index is 12.0. The summed E-state index contributed by atoms with van der Waals surface area (Å²) in [6.45, 7) is 7.62. The Morgan fingerprint density at radius 3 is 2.71 bits per heavy atom. The first kappa shape index (κ1) is 11.8. The van der Waals surface area contributed by atoms with E-state index in [4.69, 9.17) is 4.42 Å². The summed E-state index contributed by atoms with van der Waals surface area (Å²) in [4.78, 5) is 16.4. The Balaban J connectivity index is 2.39. The van der Waals surface area contributed by atoms with E-state index < -0.39 is 0 Å². The quantitative estimate of drug-likeness (QED) is 0.796. The van der Waals surface area contributed by atoms with E-state index in [1.165, 1.54) is 0 Å². The number of ketones is 1.